The van der Waals surface area contributed by atoms with E-state index in [0.29, 0.717) is 53.8 Å². The Hall–Kier alpha value is -3.32. The maximum atomic E-state index is 12.2. The zero-order valence-electron chi connectivity index (χ0n) is 19.0. The summed E-state index contributed by atoms with van der Waals surface area (Å²) in [5, 5.41) is 2.55. The molecule has 0 unspecified atom stereocenters. The first-order valence-corrected chi connectivity index (χ1v) is 9.98. The number of hydrogen-bond acceptors (Lipinski definition) is 5. The summed E-state index contributed by atoms with van der Waals surface area (Å²) in [6.45, 7) is 1.10. The third kappa shape index (κ3) is 4.16. The Balaban J connectivity index is 1.55. The number of amides is 1. The lowest BCUT2D eigenvalue weighted by molar-refractivity contribution is 0.0958. The van der Waals surface area contributed by atoms with E-state index in [-0.39, 0.29) is 11.5 Å². The zero-order chi connectivity index (χ0) is 22.9. The number of fused-ring (bicyclic) bond motifs is 1. The van der Waals surface area contributed by atoms with Crippen molar-refractivity contribution < 1.29 is 7.54 Å². The van der Waals surface area contributed by atoms with E-state index >= 15 is 0 Å². The molecule has 3 aromatic heterocycles. The molecule has 0 atom stereocenters. The van der Waals surface area contributed by atoms with Crippen LogP contribution in [0.1, 0.15) is 43.3 Å². The number of carbonyl (C=O) groups excluding carboxylic acids is 1. The van der Waals surface area contributed by atoms with Gasteiger partial charge in [-0.05, 0) is 47.7 Å². The Morgan fingerprint density at radius 1 is 1.30 bits per heavy atom. The standard InChI is InChI=1S/C23H25N5O2/c1-3-16-11-20-21(27-22(16)29)10-15(12-25-20)14-28-8-6-17(7-9-28)18-4-5-19(26-13-18)23(30)24-2/h4-6,10-13H,3,7-9,14H2,1-2H3,(H,24,30)(H,27,29)/i14D2. The first-order valence-electron chi connectivity index (χ1n) is 11.0. The van der Waals surface area contributed by atoms with Crippen LogP contribution < -0.4 is 10.9 Å². The fraction of sp³-hybridized carbons (Fsp3) is 0.304. The summed E-state index contributed by atoms with van der Waals surface area (Å²) in [6, 6.07) is 6.98. The lowest BCUT2D eigenvalue weighted by Gasteiger charge is -2.26. The van der Waals surface area contributed by atoms with E-state index in [2.05, 4.69) is 20.3 Å². The van der Waals surface area contributed by atoms with E-state index < -0.39 is 6.50 Å². The van der Waals surface area contributed by atoms with E-state index in [9.17, 15) is 9.59 Å². The molecular weight excluding hydrogens is 378 g/mol. The van der Waals surface area contributed by atoms with Crippen molar-refractivity contribution in [1.29, 1.82) is 0 Å². The molecule has 1 aliphatic rings. The Kier molecular flexibility index (Phi) is 5.02. The molecule has 0 fully saturated rings. The molecule has 7 nitrogen and oxygen atoms in total. The molecule has 0 spiro atoms. The maximum absolute atomic E-state index is 12.2. The van der Waals surface area contributed by atoms with Crippen LogP contribution in [0.15, 0.2) is 47.5 Å². The summed E-state index contributed by atoms with van der Waals surface area (Å²) in [6.07, 6.45) is 6.47. The molecule has 7 heteroatoms. The number of aromatic nitrogens is 3. The Morgan fingerprint density at radius 3 is 2.83 bits per heavy atom. The van der Waals surface area contributed by atoms with Gasteiger partial charge in [0.25, 0.3) is 11.5 Å². The topological polar surface area (TPSA) is 91.0 Å². The molecule has 30 heavy (non-hydrogen) atoms. The smallest absolute Gasteiger partial charge is 0.269 e. The average Bonchev–Trinajstić information content (AvgIpc) is 2.82. The fourth-order valence-electron chi connectivity index (χ4n) is 3.51. The highest BCUT2D eigenvalue weighted by molar-refractivity contribution is 5.92. The van der Waals surface area contributed by atoms with Crippen molar-refractivity contribution in [2.45, 2.75) is 26.3 Å². The summed E-state index contributed by atoms with van der Waals surface area (Å²) < 4.78 is 17.4. The summed E-state index contributed by atoms with van der Waals surface area (Å²) >= 11 is 0. The van der Waals surface area contributed by atoms with E-state index in [0.717, 1.165) is 11.1 Å². The summed E-state index contributed by atoms with van der Waals surface area (Å²) in [5.41, 5.74) is 4.43. The highest BCUT2D eigenvalue weighted by atomic mass is 16.1. The van der Waals surface area contributed by atoms with Gasteiger partial charge < -0.3 is 10.3 Å². The van der Waals surface area contributed by atoms with E-state index in [1.165, 1.54) is 0 Å². The van der Waals surface area contributed by atoms with Crippen LogP contribution >= 0.6 is 0 Å². The van der Waals surface area contributed by atoms with Crippen molar-refractivity contribution in [3.8, 4) is 0 Å². The zero-order valence-corrected chi connectivity index (χ0v) is 17.0. The molecule has 0 radical (unpaired) electrons. The number of aryl methyl sites for hydroxylation is 1. The molecule has 0 aromatic carbocycles. The van der Waals surface area contributed by atoms with Crippen molar-refractivity contribution in [2.75, 3.05) is 20.1 Å². The van der Waals surface area contributed by atoms with Gasteiger partial charge >= 0.3 is 0 Å². The van der Waals surface area contributed by atoms with Crippen LogP contribution in [0, 0.1) is 0 Å². The summed E-state index contributed by atoms with van der Waals surface area (Å²) in [7, 11) is 1.56. The third-order valence-electron chi connectivity index (χ3n) is 5.24. The Bertz CT molecular complexity index is 1250. The Morgan fingerprint density at radius 2 is 2.17 bits per heavy atom. The molecule has 3 aromatic rings. The predicted molar refractivity (Wildman–Crippen MR) is 117 cm³/mol. The van der Waals surface area contributed by atoms with E-state index in [4.69, 9.17) is 2.74 Å². The van der Waals surface area contributed by atoms with Gasteiger partial charge in [-0.25, -0.2) is 0 Å². The van der Waals surface area contributed by atoms with Gasteiger partial charge in [-0.15, -0.1) is 0 Å². The molecule has 154 valence electrons. The lowest BCUT2D eigenvalue weighted by atomic mass is 10.0. The number of nitrogens with zero attached hydrogens (tertiary/aromatic N) is 3. The molecule has 4 heterocycles. The molecule has 4 rings (SSSR count). The minimum Gasteiger partial charge on any atom is -0.354 e. The van der Waals surface area contributed by atoms with Crippen molar-refractivity contribution >= 4 is 22.5 Å². The van der Waals surface area contributed by atoms with Crippen molar-refractivity contribution in [1.82, 2.24) is 25.2 Å². The van der Waals surface area contributed by atoms with Crippen LogP contribution in [-0.4, -0.2) is 45.9 Å². The van der Waals surface area contributed by atoms with Gasteiger partial charge in [0, 0.05) is 47.3 Å². The first kappa shape index (κ1) is 17.5. The van der Waals surface area contributed by atoms with Crippen LogP contribution in [0.3, 0.4) is 0 Å². The normalized spacial score (nSPS) is 16.0. The largest absolute Gasteiger partial charge is 0.354 e. The number of rotatable bonds is 5. The number of nitrogens with one attached hydrogen (secondary N) is 2. The summed E-state index contributed by atoms with van der Waals surface area (Å²) in [4.78, 5) is 37.0. The van der Waals surface area contributed by atoms with Gasteiger partial charge in [-0.2, -0.15) is 0 Å². The minimum absolute atomic E-state index is 0.166. The number of pyridine rings is 3. The summed E-state index contributed by atoms with van der Waals surface area (Å²) in [5.74, 6) is -0.232. The monoisotopic (exact) mass is 405 g/mol. The molecular formula is C23H25N5O2. The second-order valence-electron chi connectivity index (χ2n) is 7.18. The van der Waals surface area contributed by atoms with Gasteiger partial charge in [0.15, 0.2) is 0 Å². The molecule has 1 aliphatic heterocycles. The van der Waals surface area contributed by atoms with Crippen LogP contribution in [-0.2, 0) is 12.9 Å². The third-order valence-corrected chi connectivity index (χ3v) is 5.24. The van der Waals surface area contributed by atoms with Gasteiger partial charge in [-0.1, -0.05) is 19.1 Å². The van der Waals surface area contributed by atoms with Crippen LogP contribution in [0.2, 0.25) is 0 Å². The highest BCUT2D eigenvalue weighted by Gasteiger charge is 2.15. The SMILES string of the molecule is [2H]C([2H])(c1cnc2cc(CC)c(=O)[nH]c2c1)N1CC=C(c2ccc(C(=O)NC)nc2)CC1. The number of H-pyrrole nitrogens is 1. The predicted octanol–water partition coefficient (Wildman–Crippen LogP) is 2.53. The van der Waals surface area contributed by atoms with Crippen molar-refractivity contribution in [2.24, 2.45) is 0 Å². The van der Waals surface area contributed by atoms with Crippen molar-refractivity contribution in [3.63, 3.8) is 0 Å². The minimum atomic E-state index is -1.75. The first-order chi connectivity index (χ1) is 15.3. The molecule has 0 saturated heterocycles. The number of hydrogen-bond donors (Lipinski definition) is 2. The molecule has 0 bridgehead atoms. The maximum Gasteiger partial charge on any atom is 0.269 e. The van der Waals surface area contributed by atoms with Crippen LogP contribution in [0.5, 0.6) is 0 Å². The molecule has 1 amide bonds. The second-order valence-corrected chi connectivity index (χ2v) is 7.18. The quantitative estimate of drug-likeness (QED) is 0.681. The van der Waals surface area contributed by atoms with Gasteiger partial charge in [0.05, 0.1) is 11.0 Å². The molecule has 0 saturated carbocycles. The van der Waals surface area contributed by atoms with Gasteiger partial charge in [0.1, 0.15) is 5.69 Å². The van der Waals surface area contributed by atoms with Gasteiger partial charge in [-0.3, -0.25) is 24.5 Å². The second kappa shape index (κ2) is 8.59. The number of carbonyl (C=O) groups is 1. The lowest BCUT2D eigenvalue weighted by Crippen LogP contribution is -2.28. The van der Waals surface area contributed by atoms with Gasteiger partial charge in [0.2, 0.25) is 0 Å². The number of aromatic amines is 1. The van der Waals surface area contributed by atoms with E-state index in [1.807, 2.05) is 19.1 Å². The van der Waals surface area contributed by atoms with Crippen molar-refractivity contribution in [3.05, 3.63) is 75.5 Å². The average molecular weight is 405 g/mol. The molecule has 0 aliphatic carbocycles. The fourth-order valence-corrected chi connectivity index (χ4v) is 3.51. The van der Waals surface area contributed by atoms with E-state index in [1.54, 1.807) is 42.5 Å². The molecule has 2 N–H and O–H groups in total. The highest BCUT2D eigenvalue weighted by Crippen LogP contribution is 2.23. The van der Waals surface area contributed by atoms with Crippen LogP contribution in [0.4, 0.5) is 0 Å². The van der Waals surface area contributed by atoms with Crippen LogP contribution in [0.25, 0.3) is 16.6 Å². The Labute approximate surface area is 177 Å².